The molecule has 2 aromatic rings. The molecule has 118 valence electrons. The van der Waals surface area contributed by atoms with Gasteiger partial charge in [-0.2, -0.15) is 0 Å². The Morgan fingerprint density at radius 2 is 1.65 bits per heavy atom. The maximum absolute atomic E-state index is 13.0. The topological polar surface area (TPSA) is 66.6 Å². The van der Waals surface area contributed by atoms with Gasteiger partial charge in [0, 0.05) is 33.6 Å². The number of rotatable bonds is 1. The summed E-state index contributed by atoms with van der Waals surface area (Å²) >= 11 is 0. The van der Waals surface area contributed by atoms with Crippen molar-refractivity contribution in [2.75, 3.05) is 25.9 Å². The Kier molecular flexibility index (Phi) is 3.13. The summed E-state index contributed by atoms with van der Waals surface area (Å²) in [4.78, 5) is 29.6. The summed E-state index contributed by atoms with van der Waals surface area (Å²) in [6, 6.07) is 8.97. The summed E-state index contributed by atoms with van der Waals surface area (Å²) in [6.45, 7) is 1.81. The Morgan fingerprint density at radius 1 is 1.00 bits per heavy atom. The molecule has 0 spiro atoms. The molecule has 0 radical (unpaired) electrons. The van der Waals surface area contributed by atoms with Gasteiger partial charge in [0.25, 0.3) is 11.8 Å². The van der Waals surface area contributed by atoms with Gasteiger partial charge in [0.05, 0.1) is 0 Å². The van der Waals surface area contributed by atoms with E-state index in [1.54, 1.807) is 18.2 Å². The molecule has 0 bridgehead atoms. The number of nitrogen functional groups attached to an aromatic ring is 1. The molecular weight excluding hydrogens is 290 g/mol. The van der Waals surface area contributed by atoms with Crippen LogP contribution in [-0.4, -0.2) is 47.8 Å². The summed E-state index contributed by atoms with van der Waals surface area (Å²) in [5.41, 5.74) is 7.78. The zero-order valence-corrected chi connectivity index (χ0v) is 13.1. The number of hydrogen-bond acceptors (Lipinski definition) is 4. The molecule has 0 unspecified atom stereocenters. The van der Waals surface area contributed by atoms with Crippen LogP contribution in [-0.2, 0) is 0 Å². The van der Waals surface area contributed by atoms with E-state index in [0.717, 1.165) is 31.3 Å². The van der Waals surface area contributed by atoms with Crippen LogP contribution in [0.5, 0.6) is 0 Å². The van der Waals surface area contributed by atoms with Gasteiger partial charge in [-0.25, -0.2) is 0 Å². The number of likely N-dealkylation sites (tertiary alicyclic amines) is 1. The number of anilines is 1. The quantitative estimate of drug-likeness (QED) is 0.647. The summed E-state index contributed by atoms with van der Waals surface area (Å²) in [7, 11) is 2.06. The zero-order chi connectivity index (χ0) is 16.1. The minimum Gasteiger partial charge on any atom is -0.398 e. The van der Waals surface area contributed by atoms with Crippen molar-refractivity contribution in [2.24, 2.45) is 0 Å². The Morgan fingerprint density at radius 3 is 2.35 bits per heavy atom. The van der Waals surface area contributed by atoms with E-state index >= 15 is 0 Å². The molecule has 2 aliphatic rings. The van der Waals surface area contributed by atoms with Crippen molar-refractivity contribution in [3.63, 3.8) is 0 Å². The van der Waals surface area contributed by atoms with Gasteiger partial charge in [-0.05, 0) is 51.2 Å². The van der Waals surface area contributed by atoms with Crippen molar-refractivity contribution < 1.29 is 9.59 Å². The molecule has 0 aromatic heterocycles. The minimum atomic E-state index is -0.187. The van der Waals surface area contributed by atoms with Crippen molar-refractivity contribution >= 4 is 28.3 Å². The van der Waals surface area contributed by atoms with Gasteiger partial charge in [0.2, 0.25) is 0 Å². The van der Waals surface area contributed by atoms with Crippen LogP contribution in [0.3, 0.4) is 0 Å². The molecule has 0 atom stereocenters. The summed E-state index contributed by atoms with van der Waals surface area (Å²) in [5, 5.41) is 1.48. The van der Waals surface area contributed by atoms with Crippen molar-refractivity contribution in [2.45, 2.75) is 18.9 Å². The number of carbonyl (C=O) groups is 2. The van der Waals surface area contributed by atoms with Crippen molar-refractivity contribution in [1.82, 2.24) is 9.80 Å². The summed E-state index contributed by atoms with van der Waals surface area (Å²) in [6.07, 6.45) is 1.66. The molecule has 1 saturated heterocycles. The van der Waals surface area contributed by atoms with Crippen LogP contribution in [0.4, 0.5) is 5.69 Å². The lowest BCUT2D eigenvalue weighted by Gasteiger charge is -2.38. The molecule has 0 saturated carbocycles. The normalized spacial score (nSPS) is 19.6. The van der Waals surface area contributed by atoms with Crippen LogP contribution in [0, 0.1) is 0 Å². The molecule has 2 N–H and O–H groups in total. The van der Waals surface area contributed by atoms with Gasteiger partial charge in [0.15, 0.2) is 0 Å². The molecule has 5 heteroatoms. The first-order chi connectivity index (χ1) is 11.1. The standard InChI is InChI=1S/C18H19N3O2/c1-20-9-7-11(8-10-20)21-17(22)13-4-2-3-12-15(19)6-5-14(16(12)13)18(21)23/h2-6,11H,7-10,19H2,1H3. The second kappa shape index (κ2) is 5.06. The number of hydrogen-bond donors (Lipinski definition) is 1. The third-order valence-corrected chi connectivity index (χ3v) is 5.03. The number of carbonyl (C=O) groups excluding carboxylic acids is 2. The molecule has 2 aromatic carbocycles. The van der Waals surface area contributed by atoms with Gasteiger partial charge in [-0.3, -0.25) is 14.5 Å². The predicted molar refractivity (Wildman–Crippen MR) is 89.4 cm³/mol. The Bertz CT molecular complexity index is 800. The Labute approximate surface area is 134 Å². The van der Waals surface area contributed by atoms with Crippen LogP contribution < -0.4 is 5.73 Å². The average Bonchev–Trinajstić information content (AvgIpc) is 2.56. The molecular formula is C18H19N3O2. The zero-order valence-electron chi connectivity index (χ0n) is 13.1. The minimum absolute atomic E-state index is 0.0211. The Hall–Kier alpha value is -2.40. The predicted octanol–water partition coefficient (Wildman–Crippen LogP) is 2.11. The smallest absolute Gasteiger partial charge is 0.261 e. The third-order valence-electron chi connectivity index (χ3n) is 5.03. The second-order valence-corrected chi connectivity index (χ2v) is 6.45. The molecule has 1 fully saturated rings. The fraction of sp³-hybridized carbons (Fsp3) is 0.333. The van der Waals surface area contributed by atoms with E-state index in [1.807, 2.05) is 12.1 Å². The first-order valence-corrected chi connectivity index (χ1v) is 7.95. The van der Waals surface area contributed by atoms with Gasteiger partial charge >= 0.3 is 0 Å². The molecule has 4 rings (SSSR count). The summed E-state index contributed by atoms with van der Waals surface area (Å²) < 4.78 is 0. The van der Waals surface area contributed by atoms with Crippen molar-refractivity contribution in [3.8, 4) is 0 Å². The molecule has 2 amide bonds. The fourth-order valence-corrected chi connectivity index (χ4v) is 3.72. The largest absolute Gasteiger partial charge is 0.398 e. The number of nitrogens with zero attached hydrogens (tertiary/aromatic N) is 2. The molecule has 5 nitrogen and oxygen atoms in total. The van der Waals surface area contributed by atoms with E-state index in [2.05, 4.69) is 11.9 Å². The van der Waals surface area contributed by atoms with E-state index in [1.165, 1.54) is 4.90 Å². The number of imide groups is 1. The average molecular weight is 309 g/mol. The first kappa shape index (κ1) is 14.2. The SMILES string of the molecule is CN1CCC(N2C(=O)c3cccc4c(N)ccc(c34)C2=O)CC1. The Balaban J connectivity index is 1.84. The van der Waals surface area contributed by atoms with Gasteiger partial charge in [-0.15, -0.1) is 0 Å². The van der Waals surface area contributed by atoms with Gasteiger partial charge < -0.3 is 10.6 Å². The second-order valence-electron chi connectivity index (χ2n) is 6.45. The van der Waals surface area contributed by atoms with E-state index < -0.39 is 0 Å². The van der Waals surface area contributed by atoms with E-state index in [-0.39, 0.29) is 17.9 Å². The van der Waals surface area contributed by atoms with Gasteiger partial charge in [0.1, 0.15) is 0 Å². The monoisotopic (exact) mass is 309 g/mol. The molecule has 2 heterocycles. The highest BCUT2D eigenvalue weighted by molar-refractivity contribution is 6.26. The third kappa shape index (κ3) is 2.04. The summed E-state index contributed by atoms with van der Waals surface area (Å²) in [5.74, 6) is -0.374. The number of benzene rings is 2. The van der Waals surface area contributed by atoms with Crippen LogP contribution in [0.15, 0.2) is 30.3 Å². The van der Waals surface area contributed by atoms with Crippen LogP contribution in [0.2, 0.25) is 0 Å². The molecule has 23 heavy (non-hydrogen) atoms. The maximum Gasteiger partial charge on any atom is 0.261 e. The lowest BCUT2D eigenvalue weighted by Crippen LogP contribution is -2.51. The van der Waals surface area contributed by atoms with Crippen molar-refractivity contribution in [1.29, 1.82) is 0 Å². The lowest BCUT2D eigenvalue weighted by molar-refractivity contribution is 0.0471. The number of piperidine rings is 1. The van der Waals surface area contributed by atoms with E-state index in [0.29, 0.717) is 22.2 Å². The van der Waals surface area contributed by atoms with Crippen LogP contribution >= 0.6 is 0 Å². The van der Waals surface area contributed by atoms with E-state index in [4.69, 9.17) is 5.73 Å². The highest BCUT2D eigenvalue weighted by Gasteiger charge is 2.38. The van der Waals surface area contributed by atoms with Crippen molar-refractivity contribution in [3.05, 3.63) is 41.5 Å². The fourth-order valence-electron chi connectivity index (χ4n) is 3.72. The lowest BCUT2D eigenvalue weighted by atomic mass is 9.91. The highest BCUT2D eigenvalue weighted by atomic mass is 16.2. The molecule has 2 aliphatic heterocycles. The highest BCUT2D eigenvalue weighted by Crippen LogP contribution is 2.35. The van der Waals surface area contributed by atoms with Crippen LogP contribution in [0.1, 0.15) is 33.6 Å². The molecule has 0 aliphatic carbocycles. The van der Waals surface area contributed by atoms with Crippen LogP contribution in [0.25, 0.3) is 10.8 Å². The maximum atomic E-state index is 13.0. The first-order valence-electron chi connectivity index (χ1n) is 7.95. The van der Waals surface area contributed by atoms with Gasteiger partial charge in [-0.1, -0.05) is 12.1 Å². The number of amides is 2. The van der Waals surface area contributed by atoms with E-state index in [9.17, 15) is 9.59 Å². The number of nitrogens with two attached hydrogens (primary N) is 1.